The largest absolute Gasteiger partial charge is 0.507 e. The molecule has 0 radical (unpaired) electrons. The molecule has 23 heavy (non-hydrogen) atoms. The highest BCUT2D eigenvalue weighted by Gasteiger charge is 2.09. The molecule has 1 heterocycles. The summed E-state index contributed by atoms with van der Waals surface area (Å²) in [7, 11) is 0. The minimum absolute atomic E-state index is 0.0282. The van der Waals surface area contributed by atoms with E-state index in [0.717, 1.165) is 0 Å². The summed E-state index contributed by atoms with van der Waals surface area (Å²) in [4.78, 5) is 0. The molecule has 0 fully saturated rings. The lowest BCUT2D eigenvalue weighted by Crippen LogP contribution is -1.95. The third-order valence-electron chi connectivity index (χ3n) is 3.04. The molecule has 3 rings (SSSR count). The van der Waals surface area contributed by atoms with Gasteiger partial charge in [0.25, 0.3) is 0 Å². The molecule has 5 nitrogen and oxygen atoms in total. The van der Waals surface area contributed by atoms with Gasteiger partial charge in [0.2, 0.25) is 4.77 Å². The van der Waals surface area contributed by atoms with E-state index in [-0.39, 0.29) is 16.3 Å². The van der Waals surface area contributed by atoms with E-state index in [1.54, 1.807) is 24.3 Å². The van der Waals surface area contributed by atoms with Crippen molar-refractivity contribution in [2.45, 2.75) is 0 Å². The van der Waals surface area contributed by atoms with Crippen molar-refractivity contribution in [1.82, 2.24) is 14.9 Å². The quantitative estimate of drug-likeness (QED) is 0.555. The molecule has 116 valence electrons. The summed E-state index contributed by atoms with van der Waals surface area (Å²) >= 11 is 11.0. The van der Waals surface area contributed by atoms with Crippen LogP contribution >= 0.6 is 23.8 Å². The van der Waals surface area contributed by atoms with E-state index in [2.05, 4.69) is 15.3 Å². The smallest absolute Gasteiger partial charge is 0.216 e. The number of aromatic amines is 1. The van der Waals surface area contributed by atoms with E-state index < -0.39 is 0 Å². The normalized spacial score (nSPS) is 11.2. The number of aromatic nitrogens is 3. The van der Waals surface area contributed by atoms with Gasteiger partial charge in [-0.15, -0.1) is 0 Å². The van der Waals surface area contributed by atoms with Crippen LogP contribution in [0.1, 0.15) is 5.56 Å². The number of phenols is 1. The second kappa shape index (κ2) is 6.31. The van der Waals surface area contributed by atoms with Gasteiger partial charge in [0.05, 0.1) is 6.21 Å². The molecule has 0 unspecified atom stereocenters. The molecule has 0 amide bonds. The molecule has 2 aromatic carbocycles. The average Bonchev–Trinajstić information content (AvgIpc) is 2.89. The zero-order chi connectivity index (χ0) is 16.4. The molecule has 0 aliphatic rings. The molecular weight excluding hydrogens is 339 g/mol. The van der Waals surface area contributed by atoms with E-state index >= 15 is 0 Å². The molecular formula is C15H10ClFN4OS. The van der Waals surface area contributed by atoms with E-state index in [0.29, 0.717) is 22.0 Å². The van der Waals surface area contributed by atoms with E-state index in [1.807, 2.05) is 0 Å². The molecule has 1 aromatic heterocycles. The number of halogens is 2. The van der Waals surface area contributed by atoms with Crippen LogP contribution in [0.15, 0.2) is 47.6 Å². The lowest BCUT2D eigenvalue weighted by molar-refractivity contribution is 0.474. The monoisotopic (exact) mass is 348 g/mol. The SMILES string of the molecule is Oc1ccc(Cl)cc1/C=N/n1c(-c2cccc(F)c2)n[nH]c1=S. The maximum absolute atomic E-state index is 13.4. The van der Waals surface area contributed by atoms with Crippen LogP contribution in [0.5, 0.6) is 5.75 Å². The number of rotatable bonds is 3. The van der Waals surface area contributed by atoms with Gasteiger partial charge in [-0.2, -0.15) is 14.9 Å². The summed E-state index contributed by atoms with van der Waals surface area (Å²) in [5.74, 6) is -0.00725. The summed E-state index contributed by atoms with van der Waals surface area (Å²) in [6.45, 7) is 0. The molecule has 0 aliphatic carbocycles. The standard InChI is InChI=1S/C15H10ClFN4OS/c16-11-4-5-13(22)10(6-11)8-18-21-14(19-20-15(21)23)9-2-1-3-12(17)7-9/h1-8,22H,(H,20,23)/b18-8+. The van der Waals surface area contributed by atoms with Gasteiger partial charge in [-0.05, 0) is 42.5 Å². The van der Waals surface area contributed by atoms with Gasteiger partial charge in [0, 0.05) is 16.1 Å². The van der Waals surface area contributed by atoms with Crippen LogP contribution in [-0.4, -0.2) is 26.2 Å². The Bertz CT molecular complexity index is 951. The van der Waals surface area contributed by atoms with Crippen LogP contribution in [-0.2, 0) is 0 Å². The van der Waals surface area contributed by atoms with E-state index in [1.165, 1.54) is 29.1 Å². The summed E-state index contributed by atoms with van der Waals surface area (Å²) in [6.07, 6.45) is 1.40. The second-order valence-corrected chi connectivity index (χ2v) is 5.45. The first-order valence-electron chi connectivity index (χ1n) is 6.51. The second-order valence-electron chi connectivity index (χ2n) is 4.62. The molecule has 0 spiro atoms. The predicted octanol–water partition coefficient (Wildman–Crippen LogP) is 3.99. The van der Waals surface area contributed by atoms with Crippen molar-refractivity contribution in [2.75, 3.05) is 0 Å². The van der Waals surface area contributed by atoms with Crippen molar-refractivity contribution in [3.05, 3.63) is 63.6 Å². The Kier molecular flexibility index (Phi) is 4.22. The first-order valence-corrected chi connectivity index (χ1v) is 7.29. The Hall–Kier alpha value is -2.51. The number of nitrogens with one attached hydrogen (secondary N) is 1. The fraction of sp³-hybridized carbons (Fsp3) is 0. The lowest BCUT2D eigenvalue weighted by Gasteiger charge is -2.02. The van der Waals surface area contributed by atoms with Crippen molar-refractivity contribution in [3.63, 3.8) is 0 Å². The van der Waals surface area contributed by atoms with Gasteiger partial charge in [-0.25, -0.2) is 9.49 Å². The molecule has 0 bridgehead atoms. The third kappa shape index (κ3) is 3.30. The van der Waals surface area contributed by atoms with Crippen molar-refractivity contribution in [2.24, 2.45) is 5.10 Å². The predicted molar refractivity (Wildman–Crippen MR) is 88.9 cm³/mol. The van der Waals surface area contributed by atoms with Crippen molar-refractivity contribution < 1.29 is 9.50 Å². The summed E-state index contributed by atoms with van der Waals surface area (Å²) in [5.41, 5.74) is 0.940. The van der Waals surface area contributed by atoms with Crippen LogP contribution in [0, 0.1) is 10.6 Å². The van der Waals surface area contributed by atoms with Crippen LogP contribution < -0.4 is 0 Å². The maximum Gasteiger partial charge on any atom is 0.216 e. The lowest BCUT2D eigenvalue weighted by atomic mass is 10.2. The Morgan fingerprint density at radius 3 is 2.91 bits per heavy atom. The number of hydrogen-bond acceptors (Lipinski definition) is 4. The number of phenolic OH excluding ortho intramolecular Hbond substituents is 1. The fourth-order valence-corrected chi connectivity index (χ4v) is 2.32. The molecule has 0 atom stereocenters. The molecule has 0 aliphatic heterocycles. The maximum atomic E-state index is 13.4. The highest BCUT2D eigenvalue weighted by atomic mass is 35.5. The van der Waals surface area contributed by atoms with Crippen LogP contribution in [0.3, 0.4) is 0 Å². The number of benzene rings is 2. The first-order chi connectivity index (χ1) is 11.0. The minimum Gasteiger partial charge on any atom is -0.507 e. The first kappa shape index (κ1) is 15.4. The Balaban J connectivity index is 2.04. The van der Waals surface area contributed by atoms with Gasteiger partial charge in [0.1, 0.15) is 11.6 Å². The zero-order valence-electron chi connectivity index (χ0n) is 11.6. The number of hydrogen-bond donors (Lipinski definition) is 2. The third-order valence-corrected chi connectivity index (χ3v) is 3.53. The number of H-pyrrole nitrogens is 1. The molecule has 2 N–H and O–H groups in total. The van der Waals surface area contributed by atoms with Gasteiger partial charge in [0.15, 0.2) is 5.82 Å². The molecule has 0 saturated carbocycles. The number of nitrogens with zero attached hydrogens (tertiary/aromatic N) is 3. The number of aromatic hydroxyl groups is 1. The van der Waals surface area contributed by atoms with Gasteiger partial charge < -0.3 is 5.11 Å². The fourth-order valence-electron chi connectivity index (χ4n) is 1.96. The van der Waals surface area contributed by atoms with Gasteiger partial charge >= 0.3 is 0 Å². The van der Waals surface area contributed by atoms with E-state index in [4.69, 9.17) is 23.8 Å². The Labute approximate surface area is 140 Å². The minimum atomic E-state index is -0.389. The molecule has 8 heteroatoms. The van der Waals surface area contributed by atoms with Crippen LogP contribution in [0.4, 0.5) is 4.39 Å². The highest BCUT2D eigenvalue weighted by molar-refractivity contribution is 7.71. The summed E-state index contributed by atoms with van der Waals surface area (Å²) in [5, 5.41) is 21.1. The van der Waals surface area contributed by atoms with Gasteiger partial charge in [-0.3, -0.25) is 0 Å². The zero-order valence-corrected chi connectivity index (χ0v) is 13.1. The topological polar surface area (TPSA) is 66.2 Å². The highest BCUT2D eigenvalue weighted by Crippen LogP contribution is 2.21. The van der Waals surface area contributed by atoms with Crippen molar-refractivity contribution in [3.8, 4) is 17.1 Å². The Morgan fingerprint density at radius 1 is 1.30 bits per heavy atom. The Morgan fingerprint density at radius 2 is 2.13 bits per heavy atom. The molecule has 0 saturated heterocycles. The average molecular weight is 349 g/mol. The van der Waals surface area contributed by atoms with Crippen LogP contribution in [0.25, 0.3) is 11.4 Å². The van der Waals surface area contributed by atoms with E-state index in [9.17, 15) is 9.50 Å². The van der Waals surface area contributed by atoms with Gasteiger partial charge in [-0.1, -0.05) is 23.7 Å². The summed E-state index contributed by atoms with van der Waals surface area (Å²) in [6, 6.07) is 10.5. The van der Waals surface area contributed by atoms with Crippen LogP contribution in [0.2, 0.25) is 5.02 Å². The summed E-state index contributed by atoms with van der Waals surface area (Å²) < 4.78 is 15.0. The molecule has 3 aromatic rings. The van der Waals surface area contributed by atoms with Crippen molar-refractivity contribution in [1.29, 1.82) is 0 Å². The van der Waals surface area contributed by atoms with Crippen molar-refractivity contribution >= 4 is 30.0 Å².